The van der Waals surface area contributed by atoms with E-state index in [-0.39, 0.29) is 23.5 Å². The van der Waals surface area contributed by atoms with Gasteiger partial charge < -0.3 is 4.90 Å². The van der Waals surface area contributed by atoms with Gasteiger partial charge >= 0.3 is 0 Å². The molecular formula is C12H24N2O. The monoisotopic (exact) mass is 212 g/mol. The summed E-state index contributed by atoms with van der Waals surface area (Å²) in [5.74, 6) is 0.810. The molecule has 1 fully saturated rings. The van der Waals surface area contributed by atoms with E-state index < -0.39 is 0 Å². The van der Waals surface area contributed by atoms with Crippen molar-refractivity contribution in [2.75, 3.05) is 6.54 Å². The lowest BCUT2D eigenvalue weighted by atomic mass is 9.80. The van der Waals surface area contributed by atoms with Crippen molar-refractivity contribution in [3.63, 3.8) is 0 Å². The van der Waals surface area contributed by atoms with Crippen LogP contribution < -0.4 is 5.32 Å². The predicted molar refractivity (Wildman–Crippen MR) is 62.4 cm³/mol. The molecule has 2 atom stereocenters. The number of amides is 1. The topological polar surface area (TPSA) is 32.3 Å². The lowest BCUT2D eigenvalue weighted by Crippen LogP contribution is -2.43. The quantitative estimate of drug-likeness (QED) is 0.774. The molecular weight excluding hydrogens is 188 g/mol. The summed E-state index contributed by atoms with van der Waals surface area (Å²) < 4.78 is 0. The molecule has 1 aliphatic rings. The van der Waals surface area contributed by atoms with Gasteiger partial charge in [-0.2, -0.15) is 0 Å². The van der Waals surface area contributed by atoms with E-state index in [0.717, 1.165) is 6.54 Å². The van der Waals surface area contributed by atoms with E-state index in [1.807, 2.05) is 11.8 Å². The number of carbonyl (C=O) groups excluding carboxylic acids is 1. The van der Waals surface area contributed by atoms with Crippen LogP contribution in [0.1, 0.15) is 41.5 Å². The first kappa shape index (κ1) is 12.5. The van der Waals surface area contributed by atoms with Crippen LogP contribution in [0, 0.1) is 11.3 Å². The van der Waals surface area contributed by atoms with Gasteiger partial charge in [0.1, 0.15) is 0 Å². The van der Waals surface area contributed by atoms with Crippen molar-refractivity contribution < 1.29 is 4.79 Å². The Kier molecular flexibility index (Phi) is 3.44. The maximum Gasteiger partial charge on any atom is 0.240 e. The normalized spacial score (nSPS) is 27.9. The molecule has 0 aliphatic carbocycles. The summed E-state index contributed by atoms with van der Waals surface area (Å²) in [5.41, 5.74) is 0.176. The number of hydrogen-bond donors (Lipinski definition) is 1. The standard InChI is InChI=1S/C12H24N2O/c1-8(2)12(5,6)7-14-10(4)13-9(3)11(14)15/h8-10,13H,7H2,1-6H3. The van der Waals surface area contributed by atoms with Crippen LogP contribution in [0.4, 0.5) is 0 Å². The minimum absolute atomic E-state index is 0.0250. The van der Waals surface area contributed by atoms with Gasteiger partial charge in [-0.25, -0.2) is 0 Å². The molecule has 1 rings (SSSR count). The molecule has 1 amide bonds. The van der Waals surface area contributed by atoms with E-state index in [2.05, 4.69) is 39.9 Å². The van der Waals surface area contributed by atoms with Gasteiger partial charge in [-0.3, -0.25) is 10.1 Å². The molecule has 2 unspecified atom stereocenters. The summed E-state index contributed by atoms with van der Waals surface area (Å²) in [4.78, 5) is 13.8. The zero-order valence-corrected chi connectivity index (χ0v) is 10.8. The van der Waals surface area contributed by atoms with Gasteiger partial charge in [0.25, 0.3) is 0 Å². The zero-order valence-electron chi connectivity index (χ0n) is 10.8. The lowest BCUT2D eigenvalue weighted by Gasteiger charge is -2.35. The molecule has 1 N–H and O–H groups in total. The highest BCUT2D eigenvalue weighted by atomic mass is 16.2. The van der Waals surface area contributed by atoms with Gasteiger partial charge in [-0.15, -0.1) is 0 Å². The highest BCUT2D eigenvalue weighted by Crippen LogP contribution is 2.29. The van der Waals surface area contributed by atoms with Gasteiger partial charge in [0.15, 0.2) is 0 Å². The molecule has 1 heterocycles. The van der Waals surface area contributed by atoms with E-state index in [0.29, 0.717) is 5.92 Å². The van der Waals surface area contributed by atoms with Crippen LogP contribution in [0.5, 0.6) is 0 Å². The Balaban J connectivity index is 2.70. The predicted octanol–water partition coefficient (Wildman–Crippen LogP) is 1.83. The van der Waals surface area contributed by atoms with Crippen molar-refractivity contribution in [1.82, 2.24) is 10.2 Å². The third-order valence-electron chi connectivity index (χ3n) is 3.75. The first-order chi connectivity index (χ1) is 6.75. The SMILES string of the molecule is CC1NC(C)N(CC(C)(C)C(C)C)C1=O. The zero-order chi connectivity index (χ0) is 11.8. The van der Waals surface area contributed by atoms with Crippen molar-refractivity contribution in [2.45, 2.75) is 53.8 Å². The second-order valence-corrected chi connectivity index (χ2v) is 5.67. The van der Waals surface area contributed by atoms with Crippen molar-refractivity contribution in [2.24, 2.45) is 11.3 Å². The Morgan fingerprint density at radius 3 is 2.27 bits per heavy atom. The molecule has 1 aliphatic heterocycles. The molecule has 0 saturated carbocycles. The number of rotatable bonds is 3. The highest BCUT2D eigenvalue weighted by Gasteiger charge is 2.37. The molecule has 0 aromatic rings. The van der Waals surface area contributed by atoms with Crippen molar-refractivity contribution >= 4 is 5.91 Å². The van der Waals surface area contributed by atoms with Gasteiger partial charge in [0.2, 0.25) is 5.91 Å². The average Bonchev–Trinajstić information content (AvgIpc) is 2.32. The third kappa shape index (κ3) is 2.51. The van der Waals surface area contributed by atoms with Crippen LogP contribution in [0.25, 0.3) is 0 Å². The van der Waals surface area contributed by atoms with Crippen molar-refractivity contribution in [3.05, 3.63) is 0 Å². The van der Waals surface area contributed by atoms with Crippen LogP contribution in [-0.2, 0) is 4.79 Å². The maximum absolute atomic E-state index is 11.9. The van der Waals surface area contributed by atoms with Gasteiger partial charge in [-0.05, 0) is 25.2 Å². The summed E-state index contributed by atoms with van der Waals surface area (Å²) in [6.45, 7) is 13.7. The Hall–Kier alpha value is -0.570. The van der Waals surface area contributed by atoms with E-state index in [1.165, 1.54) is 0 Å². The second-order valence-electron chi connectivity index (χ2n) is 5.67. The molecule has 3 heteroatoms. The first-order valence-electron chi connectivity index (χ1n) is 5.82. The van der Waals surface area contributed by atoms with Crippen molar-refractivity contribution in [3.8, 4) is 0 Å². The number of nitrogens with zero attached hydrogens (tertiary/aromatic N) is 1. The molecule has 0 radical (unpaired) electrons. The largest absolute Gasteiger partial charge is 0.326 e. The van der Waals surface area contributed by atoms with E-state index in [9.17, 15) is 4.79 Å². The Labute approximate surface area is 93.2 Å². The van der Waals surface area contributed by atoms with Gasteiger partial charge in [0, 0.05) is 6.54 Å². The molecule has 15 heavy (non-hydrogen) atoms. The van der Waals surface area contributed by atoms with Crippen LogP contribution in [0.3, 0.4) is 0 Å². The smallest absolute Gasteiger partial charge is 0.240 e. The average molecular weight is 212 g/mol. The lowest BCUT2D eigenvalue weighted by molar-refractivity contribution is -0.131. The van der Waals surface area contributed by atoms with Gasteiger partial charge in [0.05, 0.1) is 12.2 Å². The minimum Gasteiger partial charge on any atom is -0.326 e. The highest BCUT2D eigenvalue weighted by molar-refractivity contribution is 5.83. The molecule has 0 bridgehead atoms. The summed E-state index contributed by atoms with van der Waals surface area (Å²) in [6, 6.07) is -0.0250. The second kappa shape index (κ2) is 4.12. The maximum atomic E-state index is 11.9. The van der Waals surface area contributed by atoms with Crippen LogP contribution in [0.15, 0.2) is 0 Å². The summed E-state index contributed by atoms with van der Waals surface area (Å²) in [6.07, 6.45) is 0.172. The number of hydrogen-bond acceptors (Lipinski definition) is 2. The number of nitrogens with one attached hydrogen (secondary N) is 1. The fourth-order valence-corrected chi connectivity index (χ4v) is 1.80. The van der Waals surface area contributed by atoms with E-state index in [1.54, 1.807) is 0 Å². The van der Waals surface area contributed by atoms with Crippen LogP contribution in [-0.4, -0.2) is 29.6 Å². The third-order valence-corrected chi connectivity index (χ3v) is 3.75. The molecule has 3 nitrogen and oxygen atoms in total. The summed E-state index contributed by atoms with van der Waals surface area (Å²) >= 11 is 0. The Bertz CT molecular complexity index is 248. The van der Waals surface area contributed by atoms with Crippen LogP contribution >= 0.6 is 0 Å². The summed E-state index contributed by atoms with van der Waals surface area (Å²) in [7, 11) is 0. The summed E-state index contributed by atoms with van der Waals surface area (Å²) in [5, 5.41) is 3.25. The Morgan fingerprint density at radius 2 is 1.93 bits per heavy atom. The molecule has 88 valence electrons. The van der Waals surface area contributed by atoms with Crippen LogP contribution in [0.2, 0.25) is 0 Å². The van der Waals surface area contributed by atoms with E-state index in [4.69, 9.17) is 0 Å². The van der Waals surface area contributed by atoms with Gasteiger partial charge in [-0.1, -0.05) is 27.7 Å². The fourth-order valence-electron chi connectivity index (χ4n) is 1.80. The number of carbonyl (C=O) groups is 1. The Morgan fingerprint density at radius 1 is 1.40 bits per heavy atom. The molecule has 0 aromatic carbocycles. The fraction of sp³-hybridized carbons (Fsp3) is 0.917. The molecule has 1 saturated heterocycles. The minimum atomic E-state index is -0.0250. The first-order valence-corrected chi connectivity index (χ1v) is 5.82. The molecule has 0 spiro atoms. The molecule has 0 aromatic heterocycles. The van der Waals surface area contributed by atoms with E-state index >= 15 is 0 Å². The van der Waals surface area contributed by atoms with Crippen molar-refractivity contribution in [1.29, 1.82) is 0 Å².